The van der Waals surface area contributed by atoms with E-state index in [1.54, 1.807) is 0 Å². The minimum Gasteiger partial charge on any atom is -0.444 e. The van der Waals surface area contributed by atoms with Crippen molar-refractivity contribution in [3.63, 3.8) is 0 Å². The Labute approximate surface area is 199 Å². The molecule has 0 radical (unpaired) electrons. The van der Waals surface area contributed by atoms with Crippen LogP contribution >= 0.6 is 0 Å². The molecule has 5 rings (SSSR count). The van der Waals surface area contributed by atoms with Crippen molar-refractivity contribution in [3.8, 4) is 0 Å². The van der Waals surface area contributed by atoms with Crippen LogP contribution in [0.25, 0.3) is 0 Å². The van der Waals surface area contributed by atoms with Crippen LogP contribution in [0.4, 0.5) is 9.59 Å². The van der Waals surface area contributed by atoms with Crippen LogP contribution in [0, 0.1) is 0 Å². The lowest BCUT2D eigenvalue weighted by Gasteiger charge is -2.34. The number of carbonyl (C=O) groups excluding carboxylic acids is 2. The molecule has 2 bridgehead atoms. The summed E-state index contributed by atoms with van der Waals surface area (Å²) in [6, 6.07) is 11.7. The molecule has 3 fully saturated rings. The van der Waals surface area contributed by atoms with Crippen molar-refractivity contribution in [2.24, 2.45) is 0 Å². The predicted octanol–water partition coefficient (Wildman–Crippen LogP) is 4.52. The lowest BCUT2D eigenvalue weighted by atomic mass is 9.78. The highest BCUT2D eigenvalue weighted by Gasteiger charge is 2.47. The molecule has 3 heterocycles. The van der Waals surface area contributed by atoms with E-state index in [2.05, 4.69) is 10.5 Å². The van der Waals surface area contributed by atoms with Gasteiger partial charge in [-0.05, 0) is 52.0 Å². The summed E-state index contributed by atoms with van der Waals surface area (Å²) in [4.78, 5) is 32.8. The monoisotopic (exact) mass is 468 g/mol. The van der Waals surface area contributed by atoms with Gasteiger partial charge in [-0.1, -0.05) is 35.5 Å². The van der Waals surface area contributed by atoms with Gasteiger partial charge in [-0.3, -0.25) is 4.84 Å². The SMILES string of the molecule is CC(C)(C)OC(=O)N[C@H]1C[C@@H](c2cc([C@@H]3CC[C@H]4CN3C(=O)N4OCc3ccccc3)no2)C1. The van der Waals surface area contributed by atoms with Crippen LogP contribution in [0.5, 0.6) is 0 Å². The Morgan fingerprint density at radius 2 is 1.97 bits per heavy atom. The van der Waals surface area contributed by atoms with Crippen LogP contribution in [0.15, 0.2) is 40.9 Å². The number of carbonyl (C=O) groups is 2. The van der Waals surface area contributed by atoms with Crippen LogP contribution in [0.2, 0.25) is 0 Å². The number of benzene rings is 1. The third kappa shape index (κ3) is 4.75. The first-order chi connectivity index (χ1) is 16.3. The fraction of sp³-hybridized carbons (Fsp3) is 0.560. The molecular formula is C25H32N4O5. The number of hydrogen-bond acceptors (Lipinski definition) is 6. The summed E-state index contributed by atoms with van der Waals surface area (Å²) in [6.45, 7) is 6.54. The van der Waals surface area contributed by atoms with Crippen molar-refractivity contribution in [3.05, 3.63) is 53.4 Å². The van der Waals surface area contributed by atoms with Gasteiger partial charge in [0, 0.05) is 24.6 Å². The molecule has 3 amide bonds. The molecular weight excluding hydrogens is 436 g/mol. The highest BCUT2D eigenvalue weighted by molar-refractivity contribution is 5.77. The van der Waals surface area contributed by atoms with Gasteiger partial charge < -0.3 is 19.5 Å². The number of urea groups is 1. The molecule has 9 nitrogen and oxygen atoms in total. The number of aromatic nitrogens is 1. The summed E-state index contributed by atoms with van der Waals surface area (Å²) in [7, 11) is 0. The van der Waals surface area contributed by atoms with Gasteiger partial charge >= 0.3 is 12.1 Å². The fourth-order valence-electron chi connectivity index (χ4n) is 4.92. The van der Waals surface area contributed by atoms with Crippen molar-refractivity contribution in [1.29, 1.82) is 0 Å². The average Bonchev–Trinajstić information content (AvgIpc) is 3.33. The summed E-state index contributed by atoms with van der Waals surface area (Å²) >= 11 is 0. The number of hydrogen-bond donors (Lipinski definition) is 1. The van der Waals surface area contributed by atoms with E-state index in [9.17, 15) is 9.59 Å². The molecule has 1 aromatic heterocycles. The smallest absolute Gasteiger partial charge is 0.407 e. The van der Waals surface area contributed by atoms with Gasteiger partial charge in [0.1, 0.15) is 23.7 Å². The van der Waals surface area contributed by atoms with Crippen LogP contribution in [-0.2, 0) is 16.2 Å². The molecule has 2 aliphatic heterocycles. The van der Waals surface area contributed by atoms with Crippen LogP contribution < -0.4 is 5.32 Å². The minimum atomic E-state index is -0.513. The van der Waals surface area contributed by atoms with Crippen LogP contribution in [0.3, 0.4) is 0 Å². The summed E-state index contributed by atoms with van der Waals surface area (Å²) in [5.74, 6) is 1.01. The number of rotatable bonds is 6. The molecule has 182 valence electrons. The lowest BCUT2D eigenvalue weighted by molar-refractivity contribution is -0.140. The first-order valence-corrected chi connectivity index (χ1v) is 12.0. The molecule has 9 heteroatoms. The van der Waals surface area contributed by atoms with Gasteiger partial charge in [0.05, 0.1) is 12.1 Å². The summed E-state index contributed by atoms with van der Waals surface area (Å²) in [6.07, 6.45) is 2.85. The summed E-state index contributed by atoms with van der Waals surface area (Å²) in [5, 5.41) is 8.74. The molecule has 1 aliphatic carbocycles. The fourth-order valence-corrected chi connectivity index (χ4v) is 4.92. The average molecular weight is 469 g/mol. The van der Waals surface area contributed by atoms with Gasteiger partial charge in [0.25, 0.3) is 0 Å². The number of amides is 3. The van der Waals surface area contributed by atoms with E-state index in [4.69, 9.17) is 14.1 Å². The van der Waals surface area contributed by atoms with Crippen LogP contribution in [-0.4, -0.2) is 51.5 Å². The normalized spacial score (nSPS) is 26.4. The third-order valence-electron chi connectivity index (χ3n) is 6.69. The zero-order valence-corrected chi connectivity index (χ0v) is 19.9. The Bertz CT molecular complexity index is 1030. The van der Waals surface area contributed by atoms with E-state index in [1.807, 2.05) is 62.1 Å². The molecule has 2 aromatic rings. The number of fused-ring (bicyclic) bond motifs is 2. The van der Waals surface area contributed by atoms with Crippen molar-refractivity contribution in [2.75, 3.05) is 6.54 Å². The maximum absolute atomic E-state index is 13.1. The predicted molar refractivity (Wildman–Crippen MR) is 123 cm³/mol. The third-order valence-corrected chi connectivity index (χ3v) is 6.69. The molecule has 0 unspecified atom stereocenters. The number of nitrogens with zero attached hydrogens (tertiary/aromatic N) is 3. The van der Waals surface area contributed by atoms with Gasteiger partial charge in [0.15, 0.2) is 0 Å². The van der Waals surface area contributed by atoms with Gasteiger partial charge in [0.2, 0.25) is 0 Å². The Morgan fingerprint density at radius 3 is 2.71 bits per heavy atom. The lowest BCUT2D eigenvalue weighted by Crippen LogP contribution is -2.45. The first-order valence-electron chi connectivity index (χ1n) is 12.0. The number of nitrogens with one attached hydrogen (secondary N) is 1. The molecule has 2 atom stereocenters. The first kappa shape index (κ1) is 22.7. The van der Waals surface area contributed by atoms with Crippen LogP contribution in [0.1, 0.15) is 75.4 Å². The van der Waals surface area contributed by atoms with Gasteiger partial charge in [-0.15, -0.1) is 0 Å². The quantitative estimate of drug-likeness (QED) is 0.670. The zero-order chi connectivity index (χ0) is 23.9. The van der Waals surface area contributed by atoms with Crippen molar-refractivity contribution in [2.45, 2.75) is 82.7 Å². The maximum atomic E-state index is 13.1. The topological polar surface area (TPSA) is 97.1 Å². The zero-order valence-electron chi connectivity index (χ0n) is 19.9. The minimum absolute atomic E-state index is 0.0603. The van der Waals surface area contributed by atoms with Crippen molar-refractivity contribution < 1.29 is 23.7 Å². The van der Waals surface area contributed by atoms with E-state index in [0.29, 0.717) is 13.2 Å². The number of piperidine rings is 1. The molecule has 1 N–H and O–H groups in total. The van der Waals surface area contributed by atoms with E-state index < -0.39 is 11.7 Å². The summed E-state index contributed by atoms with van der Waals surface area (Å²) in [5.41, 5.74) is 1.31. The Kier molecular flexibility index (Phi) is 5.97. The maximum Gasteiger partial charge on any atom is 0.407 e. The molecule has 1 aromatic carbocycles. The van der Waals surface area contributed by atoms with E-state index in [-0.39, 0.29) is 30.1 Å². The van der Waals surface area contributed by atoms with Crippen molar-refractivity contribution >= 4 is 12.1 Å². The van der Waals surface area contributed by atoms with E-state index >= 15 is 0 Å². The number of hydroxylamine groups is 2. The Balaban J connectivity index is 1.15. The highest BCUT2D eigenvalue weighted by Crippen LogP contribution is 2.41. The number of ether oxygens (including phenoxy) is 1. The Morgan fingerprint density at radius 1 is 1.21 bits per heavy atom. The Hall–Kier alpha value is -3.07. The standard InChI is InChI=1S/C25H32N4O5/c1-25(2,3)33-23(30)26-18-11-17(12-18)22-13-20(27-34-22)21-10-9-19-14-28(21)24(31)29(19)32-15-16-7-5-4-6-8-16/h4-8,13,17-19,21H,9-12,14-15H2,1-3H3,(H,26,30)/t17-,18+,19-,21-/m0/s1. The summed E-state index contributed by atoms with van der Waals surface area (Å²) < 4.78 is 11.0. The molecule has 34 heavy (non-hydrogen) atoms. The molecule has 2 saturated heterocycles. The van der Waals surface area contributed by atoms with Crippen molar-refractivity contribution in [1.82, 2.24) is 20.4 Å². The highest BCUT2D eigenvalue weighted by atomic mass is 16.7. The van der Waals surface area contributed by atoms with E-state index in [1.165, 1.54) is 5.06 Å². The molecule has 1 saturated carbocycles. The van der Waals surface area contributed by atoms with Gasteiger partial charge in [-0.2, -0.15) is 5.06 Å². The second kappa shape index (κ2) is 8.94. The van der Waals surface area contributed by atoms with Gasteiger partial charge in [-0.25, -0.2) is 9.59 Å². The number of alkyl carbamates (subject to hydrolysis) is 1. The van der Waals surface area contributed by atoms with E-state index in [0.717, 1.165) is 42.7 Å². The second-order valence-electron chi connectivity index (χ2n) is 10.4. The molecule has 3 aliphatic rings. The second-order valence-corrected chi connectivity index (χ2v) is 10.4. The largest absolute Gasteiger partial charge is 0.444 e. The molecule has 0 spiro atoms.